The minimum absolute atomic E-state index is 0.0000913. The summed E-state index contributed by atoms with van der Waals surface area (Å²) in [5, 5.41) is 3.71. The van der Waals surface area contributed by atoms with Crippen molar-refractivity contribution >= 4 is 23.3 Å². The van der Waals surface area contributed by atoms with Gasteiger partial charge in [0.15, 0.2) is 0 Å². The average Bonchev–Trinajstić information content (AvgIpc) is 2.67. The van der Waals surface area contributed by atoms with Crippen molar-refractivity contribution in [1.29, 1.82) is 0 Å². The molecule has 138 valence electrons. The first-order valence-electron chi connectivity index (χ1n) is 9.19. The lowest BCUT2D eigenvalue weighted by molar-refractivity contribution is 0.194. The number of urea groups is 1. The zero-order valence-corrected chi connectivity index (χ0v) is 16.2. The molecule has 3 rings (SSSR count). The number of hydrogen-bond donors (Lipinski definition) is 1. The van der Waals surface area contributed by atoms with Gasteiger partial charge in [-0.3, -0.25) is 0 Å². The second-order valence-electron chi connectivity index (χ2n) is 6.70. The van der Waals surface area contributed by atoms with E-state index in [9.17, 15) is 4.79 Å². The molecule has 1 aliphatic rings. The van der Waals surface area contributed by atoms with Crippen molar-refractivity contribution in [2.24, 2.45) is 0 Å². The van der Waals surface area contributed by atoms with E-state index in [-0.39, 0.29) is 6.03 Å². The molecule has 0 spiro atoms. The van der Waals surface area contributed by atoms with E-state index in [1.165, 1.54) is 16.8 Å². The highest BCUT2D eigenvalue weighted by atomic mass is 35.5. The van der Waals surface area contributed by atoms with Crippen LogP contribution in [-0.2, 0) is 13.0 Å². The van der Waals surface area contributed by atoms with Crippen molar-refractivity contribution < 1.29 is 4.79 Å². The number of nitrogens with zero attached hydrogens (tertiary/aromatic N) is 2. The Morgan fingerprint density at radius 3 is 2.42 bits per heavy atom. The maximum atomic E-state index is 12.4. The highest BCUT2D eigenvalue weighted by molar-refractivity contribution is 6.30. The molecule has 0 atom stereocenters. The summed E-state index contributed by atoms with van der Waals surface area (Å²) in [6.07, 6.45) is 1.03. The van der Waals surface area contributed by atoms with Crippen LogP contribution in [0.15, 0.2) is 42.5 Å². The van der Waals surface area contributed by atoms with Crippen LogP contribution in [0.5, 0.6) is 0 Å². The minimum Gasteiger partial charge on any atom is -0.368 e. The van der Waals surface area contributed by atoms with Gasteiger partial charge in [-0.25, -0.2) is 4.79 Å². The fourth-order valence-corrected chi connectivity index (χ4v) is 3.61. The molecular weight excluding hydrogens is 346 g/mol. The Hall–Kier alpha value is -2.20. The molecule has 1 N–H and O–H groups in total. The van der Waals surface area contributed by atoms with E-state index in [4.69, 9.17) is 11.6 Å². The lowest BCUT2D eigenvalue weighted by atomic mass is 10.0. The Morgan fingerprint density at radius 1 is 1.08 bits per heavy atom. The first-order chi connectivity index (χ1) is 12.6. The van der Waals surface area contributed by atoms with Crippen molar-refractivity contribution in [1.82, 2.24) is 10.2 Å². The lowest BCUT2D eigenvalue weighted by Gasteiger charge is -2.37. The molecule has 2 aromatic carbocycles. The molecule has 0 unspecified atom stereocenters. The number of amides is 2. The van der Waals surface area contributed by atoms with Crippen molar-refractivity contribution in [3.05, 3.63) is 64.2 Å². The number of aryl methyl sites for hydroxylation is 2. The van der Waals surface area contributed by atoms with Gasteiger partial charge >= 0.3 is 6.03 Å². The minimum atomic E-state index is 0.0000913. The summed E-state index contributed by atoms with van der Waals surface area (Å²) in [4.78, 5) is 16.8. The van der Waals surface area contributed by atoms with E-state index in [0.717, 1.165) is 38.2 Å². The topological polar surface area (TPSA) is 35.6 Å². The quantitative estimate of drug-likeness (QED) is 0.872. The third-order valence-electron chi connectivity index (χ3n) is 4.94. The summed E-state index contributed by atoms with van der Waals surface area (Å²) in [6, 6.07) is 14.0. The monoisotopic (exact) mass is 371 g/mol. The molecule has 26 heavy (non-hydrogen) atoms. The molecule has 0 saturated carbocycles. The molecule has 0 aliphatic carbocycles. The van der Waals surface area contributed by atoms with Crippen molar-refractivity contribution in [2.75, 3.05) is 31.1 Å². The highest BCUT2D eigenvalue weighted by Gasteiger charge is 2.23. The van der Waals surface area contributed by atoms with Gasteiger partial charge in [-0.05, 0) is 42.2 Å². The summed E-state index contributed by atoms with van der Waals surface area (Å²) < 4.78 is 0. The average molecular weight is 372 g/mol. The highest BCUT2D eigenvalue weighted by Crippen LogP contribution is 2.26. The van der Waals surface area contributed by atoms with E-state index < -0.39 is 0 Å². The number of hydrogen-bond acceptors (Lipinski definition) is 2. The smallest absolute Gasteiger partial charge is 0.317 e. The molecule has 1 aliphatic heterocycles. The fraction of sp³-hybridized carbons (Fsp3) is 0.381. The van der Waals surface area contributed by atoms with Gasteiger partial charge in [0, 0.05) is 43.4 Å². The number of carbonyl (C=O) groups excluding carboxylic acids is 1. The molecule has 0 aromatic heterocycles. The van der Waals surface area contributed by atoms with Gasteiger partial charge in [0.2, 0.25) is 0 Å². The number of piperazine rings is 1. The first kappa shape index (κ1) is 18.6. The normalized spacial score (nSPS) is 14.4. The number of anilines is 1. The largest absolute Gasteiger partial charge is 0.368 e. The lowest BCUT2D eigenvalue weighted by Crippen LogP contribution is -2.52. The summed E-state index contributed by atoms with van der Waals surface area (Å²) in [5.41, 5.74) is 5.08. The van der Waals surface area contributed by atoms with Crippen LogP contribution in [0.4, 0.5) is 10.5 Å². The van der Waals surface area contributed by atoms with Crippen LogP contribution in [-0.4, -0.2) is 37.1 Å². The zero-order valence-electron chi connectivity index (χ0n) is 15.5. The van der Waals surface area contributed by atoms with Gasteiger partial charge in [-0.2, -0.15) is 0 Å². The summed E-state index contributed by atoms with van der Waals surface area (Å²) >= 11 is 5.89. The van der Waals surface area contributed by atoms with Crippen molar-refractivity contribution in [3.63, 3.8) is 0 Å². The van der Waals surface area contributed by atoms with Gasteiger partial charge < -0.3 is 15.1 Å². The van der Waals surface area contributed by atoms with Gasteiger partial charge in [0.05, 0.1) is 0 Å². The molecule has 4 nitrogen and oxygen atoms in total. The van der Waals surface area contributed by atoms with Crippen molar-refractivity contribution in [2.45, 2.75) is 26.8 Å². The Balaban J connectivity index is 1.55. The Labute approximate surface area is 160 Å². The van der Waals surface area contributed by atoms with Gasteiger partial charge in [-0.15, -0.1) is 0 Å². The number of halogens is 1. The first-order valence-corrected chi connectivity index (χ1v) is 9.57. The van der Waals surface area contributed by atoms with E-state index in [0.29, 0.717) is 11.6 Å². The number of benzene rings is 2. The molecule has 1 fully saturated rings. The van der Waals surface area contributed by atoms with Gasteiger partial charge in [0.25, 0.3) is 0 Å². The van der Waals surface area contributed by atoms with Crippen LogP contribution < -0.4 is 10.2 Å². The van der Waals surface area contributed by atoms with Gasteiger partial charge in [-0.1, -0.05) is 48.9 Å². The van der Waals surface area contributed by atoms with E-state index in [1.54, 1.807) is 0 Å². The number of carbonyl (C=O) groups is 1. The van der Waals surface area contributed by atoms with E-state index in [2.05, 4.69) is 42.3 Å². The van der Waals surface area contributed by atoms with Crippen LogP contribution in [0.3, 0.4) is 0 Å². The van der Waals surface area contributed by atoms with Crippen LogP contribution in [0.2, 0.25) is 5.02 Å². The Kier molecular flexibility index (Phi) is 6.04. The Morgan fingerprint density at radius 2 is 1.77 bits per heavy atom. The van der Waals surface area contributed by atoms with Crippen LogP contribution in [0, 0.1) is 6.92 Å². The van der Waals surface area contributed by atoms with Crippen LogP contribution >= 0.6 is 11.6 Å². The number of nitrogens with one attached hydrogen (secondary N) is 1. The second kappa shape index (κ2) is 8.45. The maximum absolute atomic E-state index is 12.4. The zero-order chi connectivity index (χ0) is 18.5. The fourth-order valence-electron chi connectivity index (χ4n) is 3.48. The van der Waals surface area contributed by atoms with Crippen LogP contribution in [0.1, 0.15) is 23.6 Å². The molecular formula is C21H26ClN3O. The third-order valence-corrected chi connectivity index (χ3v) is 5.19. The van der Waals surface area contributed by atoms with E-state index >= 15 is 0 Å². The molecule has 5 heteroatoms. The summed E-state index contributed by atoms with van der Waals surface area (Å²) in [7, 11) is 0. The summed E-state index contributed by atoms with van der Waals surface area (Å²) in [5.74, 6) is 0. The molecule has 0 radical (unpaired) electrons. The van der Waals surface area contributed by atoms with E-state index in [1.807, 2.05) is 29.2 Å². The van der Waals surface area contributed by atoms with Crippen molar-refractivity contribution in [3.8, 4) is 0 Å². The molecule has 1 saturated heterocycles. The number of rotatable bonds is 4. The molecule has 2 amide bonds. The predicted molar refractivity (Wildman–Crippen MR) is 108 cm³/mol. The molecule has 2 aromatic rings. The third kappa shape index (κ3) is 4.31. The Bertz CT molecular complexity index is 752. The molecule has 1 heterocycles. The second-order valence-corrected chi connectivity index (χ2v) is 7.13. The molecule has 0 bridgehead atoms. The summed E-state index contributed by atoms with van der Waals surface area (Å²) in [6.45, 7) is 8.10. The maximum Gasteiger partial charge on any atom is 0.317 e. The SMILES string of the molecule is CCc1cccc(C)c1N1CCN(C(=O)NCc2ccc(Cl)cc2)CC1. The van der Waals surface area contributed by atoms with Crippen LogP contribution in [0.25, 0.3) is 0 Å². The predicted octanol–water partition coefficient (Wildman–Crippen LogP) is 4.24. The van der Waals surface area contributed by atoms with Gasteiger partial charge in [0.1, 0.15) is 0 Å². The standard InChI is InChI=1S/C21H26ClN3O/c1-3-18-6-4-5-16(2)20(18)24-11-13-25(14-12-24)21(26)23-15-17-7-9-19(22)10-8-17/h4-10H,3,11-15H2,1-2H3,(H,23,26). The number of para-hydroxylation sites is 1.